The van der Waals surface area contributed by atoms with E-state index in [1.807, 2.05) is 13.1 Å². The number of nitrogens with zero attached hydrogens (tertiary/aromatic N) is 6. The number of amides is 1. The summed E-state index contributed by atoms with van der Waals surface area (Å²) in [5.41, 5.74) is 1.29. The first kappa shape index (κ1) is 24.5. The summed E-state index contributed by atoms with van der Waals surface area (Å²) in [5.74, 6) is 0.935. The van der Waals surface area contributed by atoms with Crippen molar-refractivity contribution in [3.63, 3.8) is 0 Å². The van der Waals surface area contributed by atoms with E-state index in [0.717, 1.165) is 62.4 Å². The van der Waals surface area contributed by atoms with Crippen molar-refractivity contribution in [2.24, 2.45) is 7.05 Å². The standard InChI is InChI=1S/C27H43N7O/c1-31-26-23(10-11-24(29-26)34-16-8-4-5-9-17-34)25(30-31)27(35)28-22-12-18-33(19-13-22)21-20-32-14-6-2-3-7-15-32/h10-11,22H,2-9,12-21H2,1H3,(H,28,35). The van der Waals surface area contributed by atoms with Gasteiger partial charge in [0, 0.05) is 52.4 Å². The zero-order valence-corrected chi connectivity index (χ0v) is 21.6. The van der Waals surface area contributed by atoms with Crippen LogP contribution in [0.3, 0.4) is 0 Å². The van der Waals surface area contributed by atoms with Gasteiger partial charge in [0.05, 0.1) is 5.39 Å². The average Bonchev–Trinajstić information content (AvgIpc) is 3.13. The molecular formula is C27H43N7O. The largest absolute Gasteiger partial charge is 0.357 e. The molecule has 0 saturated carbocycles. The second-order valence-corrected chi connectivity index (χ2v) is 10.8. The van der Waals surface area contributed by atoms with E-state index >= 15 is 0 Å². The molecule has 1 amide bonds. The predicted molar refractivity (Wildman–Crippen MR) is 141 cm³/mol. The van der Waals surface area contributed by atoms with Crippen molar-refractivity contribution in [1.29, 1.82) is 0 Å². The van der Waals surface area contributed by atoms with Gasteiger partial charge in [0.15, 0.2) is 11.3 Å². The quantitative estimate of drug-likeness (QED) is 0.682. The second kappa shape index (κ2) is 11.7. The van der Waals surface area contributed by atoms with Gasteiger partial charge in [-0.25, -0.2) is 9.67 Å². The molecule has 8 nitrogen and oxygen atoms in total. The van der Waals surface area contributed by atoms with Crippen LogP contribution < -0.4 is 10.2 Å². The third kappa shape index (κ3) is 6.15. The number of hydrogen-bond acceptors (Lipinski definition) is 6. The van der Waals surface area contributed by atoms with Gasteiger partial charge in [-0.2, -0.15) is 5.10 Å². The van der Waals surface area contributed by atoms with Crippen LogP contribution in [-0.4, -0.2) is 88.9 Å². The summed E-state index contributed by atoms with van der Waals surface area (Å²) in [6.45, 7) is 9.09. The molecule has 8 heteroatoms. The predicted octanol–water partition coefficient (Wildman–Crippen LogP) is 3.42. The number of carbonyl (C=O) groups excluding carboxylic acids is 1. The Balaban J connectivity index is 1.15. The van der Waals surface area contributed by atoms with Crippen molar-refractivity contribution in [2.75, 3.05) is 57.3 Å². The van der Waals surface area contributed by atoms with E-state index in [2.05, 4.69) is 31.2 Å². The first-order valence-electron chi connectivity index (χ1n) is 14.0. The number of rotatable bonds is 6. The van der Waals surface area contributed by atoms with Crippen molar-refractivity contribution in [3.8, 4) is 0 Å². The van der Waals surface area contributed by atoms with Crippen molar-refractivity contribution in [1.82, 2.24) is 29.9 Å². The maximum absolute atomic E-state index is 13.2. The summed E-state index contributed by atoms with van der Waals surface area (Å²) < 4.78 is 1.76. The Hall–Kier alpha value is -2.19. The van der Waals surface area contributed by atoms with E-state index in [1.165, 1.54) is 71.0 Å². The summed E-state index contributed by atoms with van der Waals surface area (Å²) >= 11 is 0. The fourth-order valence-corrected chi connectivity index (χ4v) is 5.96. The smallest absolute Gasteiger partial charge is 0.272 e. The minimum Gasteiger partial charge on any atom is -0.357 e. The molecule has 0 bridgehead atoms. The summed E-state index contributed by atoms with van der Waals surface area (Å²) in [6.07, 6.45) is 12.5. The van der Waals surface area contributed by atoms with E-state index < -0.39 is 0 Å². The van der Waals surface area contributed by atoms with Crippen molar-refractivity contribution >= 4 is 22.8 Å². The van der Waals surface area contributed by atoms with Crippen LogP contribution in [-0.2, 0) is 7.05 Å². The molecule has 0 unspecified atom stereocenters. The number of piperidine rings is 1. The van der Waals surface area contributed by atoms with Gasteiger partial charge in [-0.1, -0.05) is 25.7 Å². The number of anilines is 1. The molecule has 0 aromatic carbocycles. The molecule has 2 aromatic heterocycles. The molecule has 0 atom stereocenters. The Kier molecular flexibility index (Phi) is 8.19. The van der Waals surface area contributed by atoms with Crippen LogP contribution in [0.25, 0.3) is 11.0 Å². The molecule has 3 aliphatic rings. The molecule has 3 aliphatic heterocycles. The van der Waals surface area contributed by atoms with Crippen molar-refractivity contribution < 1.29 is 4.79 Å². The molecule has 192 valence electrons. The molecular weight excluding hydrogens is 438 g/mol. The van der Waals surface area contributed by atoms with Gasteiger partial charge in [0.1, 0.15) is 5.82 Å². The van der Waals surface area contributed by atoms with Crippen LogP contribution in [0.1, 0.15) is 74.7 Å². The number of carbonyl (C=O) groups is 1. The minimum atomic E-state index is -0.0667. The topological polar surface area (TPSA) is 69.5 Å². The van der Waals surface area contributed by atoms with Crippen LogP contribution in [0.4, 0.5) is 5.82 Å². The fourth-order valence-electron chi connectivity index (χ4n) is 5.96. The van der Waals surface area contributed by atoms with Crippen LogP contribution >= 0.6 is 0 Å². The average molecular weight is 482 g/mol. The van der Waals surface area contributed by atoms with E-state index in [1.54, 1.807) is 4.68 Å². The lowest BCUT2D eigenvalue weighted by atomic mass is 10.0. The first-order valence-corrected chi connectivity index (χ1v) is 14.0. The number of aryl methyl sites for hydroxylation is 1. The normalized spacial score (nSPS) is 21.7. The Morgan fingerprint density at radius 2 is 1.46 bits per heavy atom. The lowest BCUT2D eigenvalue weighted by Crippen LogP contribution is -2.46. The molecule has 35 heavy (non-hydrogen) atoms. The molecule has 2 aromatic rings. The summed E-state index contributed by atoms with van der Waals surface area (Å²) in [6, 6.07) is 4.32. The van der Waals surface area contributed by atoms with Gasteiger partial charge in [-0.15, -0.1) is 0 Å². The van der Waals surface area contributed by atoms with Crippen molar-refractivity contribution in [3.05, 3.63) is 17.8 Å². The summed E-state index contributed by atoms with van der Waals surface area (Å²) in [4.78, 5) is 25.7. The number of nitrogens with one attached hydrogen (secondary N) is 1. The Morgan fingerprint density at radius 3 is 2.11 bits per heavy atom. The van der Waals surface area contributed by atoms with Gasteiger partial charge >= 0.3 is 0 Å². The zero-order valence-electron chi connectivity index (χ0n) is 21.6. The molecule has 0 spiro atoms. The number of pyridine rings is 1. The van der Waals surface area contributed by atoms with Crippen molar-refractivity contribution in [2.45, 2.75) is 70.3 Å². The number of hydrogen-bond donors (Lipinski definition) is 1. The monoisotopic (exact) mass is 481 g/mol. The van der Waals surface area contributed by atoms with Gasteiger partial charge < -0.3 is 20.0 Å². The Bertz CT molecular complexity index is 965. The SMILES string of the molecule is Cn1nc(C(=O)NC2CCN(CCN3CCCCCC3)CC2)c2ccc(N3CCCCCC3)nc21. The molecule has 5 rings (SSSR count). The number of aromatic nitrogens is 3. The van der Waals surface area contributed by atoms with Gasteiger partial charge in [-0.3, -0.25) is 4.79 Å². The maximum Gasteiger partial charge on any atom is 0.272 e. The highest BCUT2D eigenvalue weighted by Gasteiger charge is 2.25. The van der Waals surface area contributed by atoms with Crippen LogP contribution in [0, 0.1) is 0 Å². The molecule has 1 N–H and O–H groups in total. The van der Waals surface area contributed by atoms with Gasteiger partial charge in [0.25, 0.3) is 5.91 Å². The lowest BCUT2D eigenvalue weighted by Gasteiger charge is -2.33. The Morgan fingerprint density at radius 1 is 0.857 bits per heavy atom. The number of likely N-dealkylation sites (tertiary alicyclic amines) is 2. The summed E-state index contributed by atoms with van der Waals surface area (Å²) in [5, 5.41) is 8.69. The van der Waals surface area contributed by atoms with E-state index in [4.69, 9.17) is 4.98 Å². The van der Waals surface area contributed by atoms with Gasteiger partial charge in [-0.05, 0) is 63.7 Å². The van der Waals surface area contributed by atoms with E-state index in [-0.39, 0.29) is 11.9 Å². The Labute approximate surface area is 210 Å². The minimum absolute atomic E-state index is 0.0667. The third-order valence-electron chi connectivity index (χ3n) is 8.17. The number of fused-ring (bicyclic) bond motifs is 1. The molecule has 3 saturated heterocycles. The lowest BCUT2D eigenvalue weighted by molar-refractivity contribution is 0.0902. The highest BCUT2D eigenvalue weighted by Crippen LogP contribution is 2.23. The van der Waals surface area contributed by atoms with Gasteiger partial charge in [0.2, 0.25) is 0 Å². The maximum atomic E-state index is 13.2. The zero-order chi connectivity index (χ0) is 24.0. The fraction of sp³-hybridized carbons (Fsp3) is 0.741. The van der Waals surface area contributed by atoms with E-state index in [0.29, 0.717) is 5.69 Å². The van der Waals surface area contributed by atoms with Crippen LogP contribution in [0.5, 0.6) is 0 Å². The van der Waals surface area contributed by atoms with Crippen LogP contribution in [0.15, 0.2) is 12.1 Å². The molecule has 0 radical (unpaired) electrons. The first-order chi connectivity index (χ1) is 17.2. The molecule has 3 fully saturated rings. The summed E-state index contributed by atoms with van der Waals surface area (Å²) in [7, 11) is 1.89. The van der Waals surface area contributed by atoms with Crippen LogP contribution in [0.2, 0.25) is 0 Å². The van der Waals surface area contributed by atoms with E-state index in [9.17, 15) is 4.79 Å². The third-order valence-corrected chi connectivity index (χ3v) is 8.17. The second-order valence-electron chi connectivity index (χ2n) is 10.8. The highest BCUT2D eigenvalue weighted by atomic mass is 16.2. The highest BCUT2D eigenvalue weighted by molar-refractivity contribution is 6.04. The molecule has 0 aliphatic carbocycles. The molecule has 5 heterocycles.